The standard InChI is InChI=1S/C17H29NO2/c1-4-5-6-11-20-17-9-7-16(8-10-17)13-18-14(2)12-15(3)19/h7-10,14-15,18-19H,4-6,11-13H2,1-3H3. The van der Waals surface area contributed by atoms with E-state index in [0.29, 0.717) is 6.04 Å². The number of nitrogens with one attached hydrogen (secondary N) is 1. The van der Waals surface area contributed by atoms with Crippen molar-refractivity contribution < 1.29 is 9.84 Å². The maximum atomic E-state index is 9.32. The van der Waals surface area contributed by atoms with Gasteiger partial charge in [-0.25, -0.2) is 0 Å². The second kappa shape index (κ2) is 9.78. The Hall–Kier alpha value is -1.06. The Labute approximate surface area is 123 Å². The fraction of sp³-hybridized carbons (Fsp3) is 0.647. The molecule has 0 aromatic heterocycles. The monoisotopic (exact) mass is 279 g/mol. The van der Waals surface area contributed by atoms with Crippen LogP contribution in [-0.2, 0) is 6.54 Å². The third kappa shape index (κ3) is 7.51. The van der Waals surface area contributed by atoms with Crippen molar-refractivity contribution in [3.8, 4) is 5.75 Å². The van der Waals surface area contributed by atoms with Gasteiger partial charge in [0.1, 0.15) is 5.75 Å². The molecule has 0 aliphatic carbocycles. The number of aliphatic hydroxyl groups is 1. The molecule has 20 heavy (non-hydrogen) atoms. The van der Waals surface area contributed by atoms with E-state index in [0.717, 1.165) is 31.7 Å². The normalized spacial score (nSPS) is 14.0. The molecule has 0 amide bonds. The molecule has 3 nitrogen and oxygen atoms in total. The summed E-state index contributed by atoms with van der Waals surface area (Å²) >= 11 is 0. The Balaban J connectivity index is 2.27. The summed E-state index contributed by atoms with van der Waals surface area (Å²) in [6, 6.07) is 8.57. The van der Waals surface area contributed by atoms with Gasteiger partial charge in [0.25, 0.3) is 0 Å². The topological polar surface area (TPSA) is 41.5 Å². The quantitative estimate of drug-likeness (QED) is 0.644. The highest BCUT2D eigenvalue weighted by Crippen LogP contribution is 2.13. The van der Waals surface area contributed by atoms with Crippen molar-refractivity contribution in [2.45, 2.75) is 65.1 Å². The van der Waals surface area contributed by atoms with E-state index in [-0.39, 0.29) is 6.10 Å². The Morgan fingerprint density at radius 2 is 1.85 bits per heavy atom. The summed E-state index contributed by atoms with van der Waals surface area (Å²) in [5, 5.41) is 12.7. The molecule has 1 aromatic carbocycles. The minimum atomic E-state index is -0.253. The zero-order chi connectivity index (χ0) is 14.8. The molecule has 1 aromatic rings. The minimum Gasteiger partial charge on any atom is -0.494 e. The van der Waals surface area contributed by atoms with Crippen LogP contribution in [0.1, 0.15) is 52.0 Å². The van der Waals surface area contributed by atoms with Crippen LogP contribution in [0.3, 0.4) is 0 Å². The van der Waals surface area contributed by atoms with Crippen molar-refractivity contribution in [3.05, 3.63) is 29.8 Å². The van der Waals surface area contributed by atoms with Crippen molar-refractivity contribution in [3.63, 3.8) is 0 Å². The number of rotatable bonds is 10. The van der Waals surface area contributed by atoms with E-state index in [2.05, 4.69) is 31.3 Å². The van der Waals surface area contributed by atoms with E-state index < -0.39 is 0 Å². The van der Waals surface area contributed by atoms with Crippen LogP contribution in [0.4, 0.5) is 0 Å². The largest absolute Gasteiger partial charge is 0.494 e. The van der Waals surface area contributed by atoms with E-state index in [1.807, 2.05) is 19.1 Å². The van der Waals surface area contributed by atoms with Crippen molar-refractivity contribution in [1.82, 2.24) is 5.32 Å². The zero-order valence-corrected chi connectivity index (χ0v) is 13.1. The highest BCUT2D eigenvalue weighted by molar-refractivity contribution is 5.27. The summed E-state index contributed by atoms with van der Waals surface area (Å²) in [5.41, 5.74) is 1.24. The van der Waals surface area contributed by atoms with Gasteiger partial charge >= 0.3 is 0 Å². The van der Waals surface area contributed by atoms with Gasteiger partial charge < -0.3 is 15.2 Å². The molecule has 0 bridgehead atoms. The van der Waals surface area contributed by atoms with Gasteiger partial charge in [-0.3, -0.25) is 0 Å². The van der Waals surface area contributed by atoms with E-state index in [9.17, 15) is 5.11 Å². The molecule has 2 unspecified atom stereocenters. The lowest BCUT2D eigenvalue weighted by atomic mass is 10.1. The fourth-order valence-corrected chi connectivity index (χ4v) is 2.13. The Bertz CT molecular complexity index is 349. The SMILES string of the molecule is CCCCCOc1ccc(CNC(C)CC(C)O)cc1. The Morgan fingerprint density at radius 1 is 1.15 bits per heavy atom. The molecule has 0 aliphatic rings. The number of unbranched alkanes of at least 4 members (excludes halogenated alkanes) is 2. The van der Waals surface area contributed by atoms with E-state index in [1.165, 1.54) is 18.4 Å². The minimum absolute atomic E-state index is 0.253. The average molecular weight is 279 g/mol. The first kappa shape index (κ1) is 17.0. The molecule has 2 atom stereocenters. The summed E-state index contributed by atoms with van der Waals surface area (Å²) in [5.74, 6) is 0.946. The molecule has 0 heterocycles. The first-order chi connectivity index (χ1) is 9.61. The van der Waals surface area contributed by atoms with Crippen LogP contribution in [0.25, 0.3) is 0 Å². The number of ether oxygens (including phenoxy) is 1. The predicted octanol–water partition coefficient (Wildman–Crippen LogP) is 3.50. The maximum absolute atomic E-state index is 9.32. The van der Waals surface area contributed by atoms with Crippen LogP contribution in [0, 0.1) is 0 Å². The predicted molar refractivity (Wildman–Crippen MR) is 84.1 cm³/mol. The first-order valence-corrected chi connectivity index (χ1v) is 7.75. The highest BCUT2D eigenvalue weighted by Gasteiger charge is 2.05. The Kier molecular flexibility index (Phi) is 8.31. The highest BCUT2D eigenvalue weighted by atomic mass is 16.5. The van der Waals surface area contributed by atoms with Crippen LogP contribution in [-0.4, -0.2) is 23.9 Å². The smallest absolute Gasteiger partial charge is 0.119 e. The summed E-state index contributed by atoms with van der Waals surface area (Å²) in [4.78, 5) is 0. The molecule has 0 saturated heterocycles. The summed E-state index contributed by atoms with van der Waals surface area (Å²) < 4.78 is 5.69. The lowest BCUT2D eigenvalue weighted by Gasteiger charge is -2.15. The van der Waals surface area contributed by atoms with Gasteiger partial charge in [-0.2, -0.15) is 0 Å². The molecule has 0 radical (unpaired) electrons. The number of hydrogen-bond donors (Lipinski definition) is 2. The second-order valence-corrected chi connectivity index (χ2v) is 5.57. The summed E-state index contributed by atoms with van der Waals surface area (Å²) in [6.45, 7) is 7.74. The molecule has 3 heteroatoms. The van der Waals surface area contributed by atoms with Gasteiger partial charge in [0.05, 0.1) is 12.7 Å². The molecule has 114 valence electrons. The lowest BCUT2D eigenvalue weighted by molar-refractivity contribution is 0.170. The van der Waals surface area contributed by atoms with Crippen LogP contribution in [0.15, 0.2) is 24.3 Å². The molecular formula is C17H29NO2. The van der Waals surface area contributed by atoms with E-state index >= 15 is 0 Å². The van der Waals surface area contributed by atoms with Crippen LogP contribution < -0.4 is 10.1 Å². The van der Waals surface area contributed by atoms with Gasteiger partial charge in [0, 0.05) is 12.6 Å². The lowest BCUT2D eigenvalue weighted by Crippen LogP contribution is -2.28. The molecule has 1 rings (SSSR count). The average Bonchev–Trinajstić information content (AvgIpc) is 2.42. The third-order valence-electron chi connectivity index (χ3n) is 3.29. The van der Waals surface area contributed by atoms with Gasteiger partial charge in [-0.1, -0.05) is 31.9 Å². The zero-order valence-electron chi connectivity index (χ0n) is 13.1. The Morgan fingerprint density at radius 3 is 2.45 bits per heavy atom. The number of hydrogen-bond acceptors (Lipinski definition) is 3. The van der Waals surface area contributed by atoms with Crippen LogP contribution >= 0.6 is 0 Å². The van der Waals surface area contributed by atoms with E-state index in [4.69, 9.17) is 4.74 Å². The second-order valence-electron chi connectivity index (χ2n) is 5.57. The molecule has 0 fully saturated rings. The first-order valence-electron chi connectivity index (χ1n) is 7.75. The van der Waals surface area contributed by atoms with Gasteiger partial charge in [0.2, 0.25) is 0 Å². The van der Waals surface area contributed by atoms with Gasteiger partial charge in [-0.05, 0) is 44.4 Å². The van der Waals surface area contributed by atoms with Crippen molar-refractivity contribution >= 4 is 0 Å². The third-order valence-corrected chi connectivity index (χ3v) is 3.29. The van der Waals surface area contributed by atoms with Gasteiger partial charge in [0.15, 0.2) is 0 Å². The van der Waals surface area contributed by atoms with Crippen LogP contribution in [0.5, 0.6) is 5.75 Å². The van der Waals surface area contributed by atoms with Crippen molar-refractivity contribution in [2.24, 2.45) is 0 Å². The molecule has 0 aliphatic heterocycles. The van der Waals surface area contributed by atoms with Crippen LogP contribution in [0.2, 0.25) is 0 Å². The van der Waals surface area contributed by atoms with Crippen molar-refractivity contribution in [2.75, 3.05) is 6.61 Å². The maximum Gasteiger partial charge on any atom is 0.119 e. The summed E-state index contributed by atoms with van der Waals surface area (Å²) in [7, 11) is 0. The number of benzene rings is 1. The van der Waals surface area contributed by atoms with Crippen molar-refractivity contribution in [1.29, 1.82) is 0 Å². The van der Waals surface area contributed by atoms with E-state index in [1.54, 1.807) is 0 Å². The fourth-order valence-electron chi connectivity index (χ4n) is 2.13. The molecular weight excluding hydrogens is 250 g/mol. The molecule has 0 spiro atoms. The molecule has 2 N–H and O–H groups in total. The number of aliphatic hydroxyl groups excluding tert-OH is 1. The molecule has 0 saturated carbocycles. The summed E-state index contributed by atoms with van der Waals surface area (Å²) in [6.07, 6.45) is 4.09. The van der Waals surface area contributed by atoms with Gasteiger partial charge in [-0.15, -0.1) is 0 Å².